The van der Waals surface area contributed by atoms with Gasteiger partial charge in [0.05, 0.1) is 37.6 Å². The Balaban J connectivity index is 3.80. The van der Waals surface area contributed by atoms with Crippen LogP contribution in [0.2, 0.25) is 0 Å². The standard InChI is InChI=1S/C20H41N3O4/c1-18(2,3)16(24)8-10-22-19(4,5)17(25)9-12-26-14-15-27-13-11-23-20(6,7)21/h22-23H,8-15,21H2,1-7H3. The first kappa shape index (κ1) is 26.1. The smallest absolute Gasteiger partial charge is 0.154 e. The van der Waals surface area contributed by atoms with Gasteiger partial charge in [-0.1, -0.05) is 20.8 Å². The van der Waals surface area contributed by atoms with E-state index in [1.807, 2.05) is 48.5 Å². The van der Waals surface area contributed by atoms with Gasteiger partial charge in [0.25, 0.3) is 0 Å². The third kappa shape index (κ3) is 13.9. The number of rotatable bonds is 15. The van der Waals surface area contributed by atoms with Crippen molar-refractivity contribution >= 4 is 11.6 Å². The zero-order chi connectivity index (χ0) is 21.1. The first-order valence-corrected chi connectivity index (χ1v) is 9.77. The topological polar surface area (TPSA) is 103 Å². The Bertz CT molecular complexity index is 451. The maximum atomic E-state index is 12.3. The van der Waals surface area contributed by atoms with Gasteiger partial charge in [0.2, 0.25) is 0 Å². The van der Waals surface area contributed by atoms with E-state index >= 15 is 0 Å². The van der Waals surface area contributed by atoms with Gasteiger partial charge in [-0.3, -0.25) is 14.9 Å². The van der Waals surface area contributed by atoms with Crippen molar-refractivity contribution in [1.82, 2.24) is 10.6 Å². The number of nitrogens with two attached hydrogens (primary N) is 1. The summed E-state index contributed by atoms with van der Waals surface area (Å²) >= 11 is 0. The van der Waals surface area contributed by atoms with E-state index in [-0.39, 0.29) is 17.0 Å². The monoisotopic (exact) mass is 387 g/mol. The highest BCUT2D eigenvalue weighted by atomic mass is 16.5. The Morgan fingerprint density at radius 1 is 0.741 bits per heavy atom. The van der Waals surface area contributed by atoms with Crippen LogP contribution in [-0.4, -0.2) is 62.3 Å². The van der Waals surface area contributed by atoms with Gasteiger partial charge >= 0.3 is 0 Å². The number of carbonyl (C=O) groups is 2. The van der Waals surface area contributed by atoms with Gasteiger partial charge in [0, 0.05) is 31.3 Å². The van der Waals surface area contributed by atoms with E-state index in [4.69, 9.17) is 15.2 Å². The molecular weight excluding hydrogens is 346 g/mol. The van der Waals surface area contributed by atoms with Crippen molar-refractivity contribution in [3.05, 3.63) is 0 Å². The van der Waals surface area contributed by atoms with Crippen molar-refractivity contribution in [3.8, 4) is 0 Å². The van der Waals surface area contributed by atoms with E-state index in [1.165, 1.54) is 0 Å². The molecule has 0 radical (unpaired) electrons. The summed E-state index contributed by atoms with van der Waals surface area (Å²) < 4.78 is 10.9. The lowest BCUT2D eigenvalue weighted by Crippen LogP contribution is -2.49. The molecule has 0 aromatic heterocycles. The van der Waals surface area contributed by atoms with Crippen LogP contribution in [0, 0.1) is 5.41 Å². The van der Waals surface area contributed by atoms with E-state index in [1.54, 1.807) is 0 Å². The molecule has 0 aliphatic rings. The molecule has 0 rings (SSSR count). The lowest BCUT2D eigenvalue weighted by atomic mass is 9.88. The highest BCUT2D eigenvalue weighted by molar-refractivity contribution is 5.88. The first-order valence-electron chi connectivity index (χ1n) is 9.77. The molecule has 0 amide bonds. The third-order valence-corrected chi connectivity index (χ3v) is 4.13. The van der Waals surface area contributed by atoms with Crippen LogP contribution in [0.25, 0.3) is 0 Å². The summed E-state index contributed by atoms with van der Waals surface area (Å²) in [6, 6.07) is 0. The van der Waals surface area contributed by atoms with E-state index in [9.17, 15) is 9.59 Å². The summed E-state index contributed by atoms with van der Waals surface area (Å²) in [5, 5.41) is 6.31. The molecule has 0 saturated carbocycles. The van der Waals surface area contributed by atoms with Crippen LogP contribution in [0.15, 0.2) is 0 Å². The fourth-order valence-corrected chi connectivity index (χ4v) is 2.21. The zero-order valence-corrected chi connectivity index (χ0v) is 18.4. The molecule has 0 saturated heterocycles. The number of hydrogen-bond acceptors (Lipinski definition) is 7. The molecule has 0 atom stereocenters. The number of nitrogens with one attached hydrogen (secondary N) is 2. The zero-order valence-electron chi connectivity index (χ0n) is 18.4. The molecule has 0 spiro atoms. The molecule has 0 bridgehead atoms. The van der Waals surface area contributed by atoms with Crippen LogP contribution in [-0.2, 0) is 19.1 Å². The molecule has 0 fully saturated rings. The SMILES string of the molecule is CC(C)(N)NCCOCCOCCC(=O)C(C)(C)NCCC(=O)C(C)(C)C. The molecule has 0 aromatic carbocycles. The summed E-state index contributed by atoms with van der Waals surface area (Å²) in [5.41, 5.74) is 4.38. The van der Waals surface area contributed by atoms with Crippen LogP contribution < -0.4 is 16.4 Å². The highest BCUT2D eigenvalue weighted by Crippen LogP contribution is 2.16. The normalized spacial score (nSPS) is 13.0. The van der Waals surface area contributed by atoms with Gasteiger partial charge in [-0.25, -0.2) is 0 Å². The maximum absolute atomic E-state index is 12.3. The molecule has 4 N–H and O–H groups in total. The predicted octanol–water partition coefficient (Wildman–Crippen LogP) is 1.64. The molecule has 0 unspecified atom stereocenters. The molecular formula is C20H41N3O4. The van der Waals surface area contributed by atoms with Gasteiger partial charge in [0.1, 0.15) is 5.78 Å². The lowest BCUT2D eigenvalue weighted by Gasteiger charge is -2.26. The Kier molecular flexibility index (Phi) is 11.5. The average Bonchev–Trinajstić information content (AvgIpc) is 2.50. The van der Waals surface area contributed by atoms with Gasteiger partial charge in [-0.2, -0.15) is 0 Å². The van der Waals surface area contributed by atoms with E-state index in [0.29, 0.717) is 52.4 Å². The third-order valence-electron chi connectivity index (χ3n) is 4.13. The second-order valence-corrected chi connectivity index (χ2v) is 9.02. The molecule has 7 heteroatoms. The summed E-state index contributed by atoms with van der Waals surface area (Å²) in [6.45, 7) is 16.2. The minimum atomic E-state index is -0.668. The van der Waals surface area contributed by atoms with Crippen molar-refractivity contribution in [2.24, 2.45) is 11.1 Å². The van der Waals surface area contributed by atoms with Crippen molar-refractivity contribution < 1.29 is 19.1 Å². The molecule has 0 aromatic rings. The Morgan fingerprint density at radius 2 is 1.30 bits per heavy atom. The number of hydrogen-bond donors (Lipinski definition) is 3. The summed E-state index contributed by atoms with van der Waals surface area (Å²) in [5.74, 6) is 0.257. The summed E-state index contributed by atoms with van der Waals surface area (Å²) in [7, 11) is 0. The van der Waals surface area contributed by atoms with Crippen molar-refractivity contribution in [1.29, 1.82) is 0 Å². The molecule has 7 nitrogen and oxygen atoms in total. The largest absolute Gasteiger partial charge is 0.379 e. The number of Topliss-reactive ketones (excluding diaryl/α,β-unsaturated/α-hetero) is 2. The molecule has 0 aliphatic heterocycles. The number of carbonyl (C=O) groups excluding carboxylic acids is 2. The highest BCUT2D eigenvalue weighted by Gasteiger charge is 2.27. The summed E-state index contributed by atoms with van der Waals surface area (Å²) in [6.07, 6.45) is 0.750. The Morgan fingerprint density at radius 3 is 1.81 bits per heavy atom. The van der Waals surface area contributed by atoms with Crippen molar-refractivity contribution in [2.75, 3.05) is 39.5 Å². The van der Waals surface area contributed by atoms with Crippen LogP contribution in [0.4, 0.5) is 0 Å². The number of ether oxygens (including phenoxy) is 2. The lowest BCUT2D eigenvalue weighted by molar-refractivity contribution is -0.128. The summed E-state index contributed by atoms with van der Waals surface area (Å²) in [4.78, 5) is 24.3. The van der Waals surface area contributed by atoms with E-state index in [2.05, 4.69) is 10.6 Å². The van der Waals surface area contributed by atoms with Gasteiger partial charge < -0.3 is 20.5 Å². The average molecular weight is 388 g/mol. The van der Waals surface area contributed by atoms with Crippen LogP contribution in [0.1, 0.15) is 61.3 Å². The molecule has 27 heavy (non-hydrogen) atoms. The van der Waals surface area contributed by atoms with Crippen LogP contribution in [0.5, 0.6) is 0 Å². The van der Waals surface area contributed by atoms with Crippen LogP contribution >= 0.6 is 0 Å². The second kappa shape index (κ2) is 11.9. The van der Waals surface area contributed by atoms with Crippen LogP contribution in [0.3, 0.4) is 0 Å². The predicted molar refractivity (Wildman–Crippen MR) is 109 cm³/mol. The molecule has 0 heterocycles. The fraction of sp³-hybridized carbons (Fsp3) is 0.900. The van der Waals surface area contributed by atoms with Gasteiger partial charge in [-0.05, 0) is 27.7 Å². The fourth-order valence-electron chi connectivity index (χ4n) is 2.21. The number of ketones is 2. The molecule has 0 aliphatic carbocycles. The quantitative estimate of drug-likeness (QED) is 0.290. The minimum Gasteiger partial charge on any atom is -0.379 e. The van der Waals surface area contributed by atoms with Crippen molar-refractivity contribution in [3.63, 3.8) is 0 Å². The second-order valence-electron chi connectivity index (χ2n) is 9.02. The van der Waals surface area contributed by atoms with E-state index < -0.39 is 11.2 Å². The van der Waals surface area contributed by atoms with Gasteiger partial charge in [-0.15, -0.1) is 0 Å². The maximum Gasteiger partial charge on any atom is 0.154 e. The van der Waals surface area contributed by atoms with E-state index in [0.717, 1.165) is 0 Å². The first-order chi connectivity index (χ1) is 12.3. The molecule has 160 valence electrons. The van der Waals surface area contributed by atoms with Crippen molar-refractivity contribution in [2.45, 2.75) is 72.5 Å². The van der Waals surface area contributed by atoms with Gasteiger partial charge in [0.15, 0.2) is 5.78 Å². The minimum absolute atomic E-state index is 0.0704. The Labute approximate surface area is 165 Å². The Hall–Kier alpha value is -0.860.